The van der Waals surface area contributed by atoms with Gasteiger partial charge in [-0.15, -0.1) is 0 Å². The van der Waals surface area contributed by atoms with E-state index in [9.17, 15) is 9.59 Å². The molecule has 0 saturated heterocycles. The number of ether oxygens (including phenoxy) is 1. The Morgan fingerprint density at radius 2 is 1.81 bits per heavy atom. The van der Waals surface area contributed by atoms with E-state index in [1.165, 1.54) is 4.57 Å². The molecule has 0 unspecified atom stereocenters. The highest BCUT2D eigenvalue weighted by atomic mass is 16.6. The van der Waals surface area contributed by atoms with Gasteiger partial charge >= 0.3 is 11.7 Å². The lowest BCUT2D eigenvalue weighted by atomic mass is 9.98. The number of nitrogens with zero attached hydrogens (tertiary/aromatic N) is 2. The molecule has 0 radical (unpaired) electrons. The summed E-state index contributed by atoms with van der Waals surface area (Å²) < 4.78 is 12.6. The van der Waals surface area contributed by atoms with Gasteiger partial charge in [0.15, 0.2) is 0 Å². The first-order valence-corrected chi connectivity index (χ1v) is 10.1. The van der Waals surface area contributed by atoms with Gasteiger partial charge in [-0.25, -0.2) is 9.59 Å². The van der Waals surface area contributed by atoms with Crippen LogP contribution in [0.3, 0.4) is 0 Å². The van der Waals surface area contributed by atoms with Gasteiger partial charge in [-0.2, -0.15) is 0 Å². The van der Waals surface area contributed by atoms with Crippen LogP contribution >= 0.6 is 0 Å². The zero-order valence-electron chi connectivity index (χ0n) is 18.6. The van der Waals surface area contributed by atoms with Crippen molar-refractivity contribution in [1.29, 1.82) is 0 Å². The summed E-state index contributed by atoms with van der Waals surface area (Å²) in [6.07, 6.45) is 1.24. The number of fused-ring (bicyclic) bond motifs is 2. The van der Waals surface area contributed by atoms with Crippen molar-refractivity contribution in [2.45, 2.75) is 33.3 Å². The molecule has 0 saturated carbocycles. The number of rotatable bonds is 2. The topological polar surface area (TPSA) is 64.7 Å². The van der Waals surface area contributed by atoms with Crippen LogP contribution in [-0.4, -0.2) is 30.4 Å². The Balaban J connectivity index is 1.81. The molecule has 4 aromatic rings. The maximum Gasteiger partial charge on any atom is 0.418 e. The summed E-state index contributed by atoms with van der Waals surface area (Å²) >= 11 is 0. The Bertz CT molecular complexity index is 1370. The summed E-state index contributed by atoms with van der Waals surface area (Å²) in [7, 11) is 3.89. The third-order valence-corrected chi connectivity index (χ3v) is 5.24. The van der Waals surface area contributed by atoms with Crippen molar-refractivity contribution < 1.29 is 13.9 Å². The third-order valence-electron chi connectivity index (χ3n) is 5.24. The first-order chi connectivity index (χ1) is 14.5. The molecule has 0 amide bonds. The fourth-order valence-corrected chi connectivity index (χ4v) is 3.72. The average molecular weight is 418 g/mol. The van der Waals surface area contributed by atoms with Crippen LogP contribution in [-0.2, 0) is 4.74 Å². The lowest BCUT2D eigenvalue weighted by Crippen LogP contribution is -2.26. The molecule has 0 bridgehead atoms. The van der Waals surface area contributed by atoms with E-state index in [0.29, 0.717) is 11.1 Å². The first kappa shape index (κ1) is 20.7. The van der Waals surface area contributed by atoms with Crippen molar-refractivity contribution >= 4 is 33.7 Å². The van der Waals surface area contributed by atoms with Crippen LogP contribution < -0.4 is 10.5 Å². The highest BCUT2D eigenvalue weighted by Gasteiger charge is 2.20. The first-order valence-electron chi connectivity index (χ1n) is 10.1. The molecule has 31 heavy (non-hydrogen) atoms. The molecular weight excluding hydrogens is 392 g/mol. The van der Waals surface area contributed by atoms with E-state index in [2.05, 4.69) is 0 Å². The Labute approximate surface area is 180 Å². The van der Waals surface area contributed by atoms with Gasteiger partial charge < -0.3 is 14.1 Å². The molecule has 2 heterocycles. The van der Waals surface area contributed by atoms with E-state index >= 15 is 0 Å². The molecule has 0 spiro atoms. The Morgan fingerprint density at radius 1 is 1.06 bits per heavy atom. The largest absolute Gasteiger partial charge is 0.443 e. The lowest BCUT2D eigenvalue weighted by Gasteiger charge is -2.19. The van der Waals surface area contributed by atoms with Crippen molar-refractivity contribution in [3.8, 4) is 11.1 Å². The molecule has 0 atom stereocenters. The molecule has 4 rings (SSSR count). The predicted molar refractivity (Wildman–Crippen MR) is 124 cm³/mol. The van der Waals surface area contributed by atoms with Gasteiger partial charge in [-0.1, -0.05) is 6.07 Å². The minimum atomic E-state index is -0.582. The van der Waals surface area contributed by atoms with Crippen LogP contribution in [0, 0.1) is 6.92 Å². The number of carbonyl (C=O) groups is 1. The fraction of sp³-hybridized carbons (Fsp3) is 0.280. The zero-order chi connectivity index (χ0) is 22.5. The van der Waals surface area contributed by atoms with Crippen LogP contribution in [0.4, 0.5) is 10.5 Å². The van der Waals surface area contributed by atoms with Crippen molar-refractivity contribution in [1.82, 2.24) is 4.57 Å². The molecule has 2 aromatic carbocycles. The van der Waals surface area contributed by atoms with Gasteiger partial charge in [0, 0.05) is 42.8 Å². The molecule has 0 fully saturated rings. The maximum atomic E-state index is 12.9. The number of aromatic nitrogens is 1. The van der Waals surface area contributed by atoms with Crippen LogP contribution in [0.15, 0.2) is 57.9 Å². The van der Waals surface area contributed by atoms with E-state index in [0.717, 1.165) is 33.1 Å². The number of hydrogen-bond acceptors (Lipinski definition) is 5. The van der Waals surface area contributed by atoms with Crippen molar-refractivity contribution in [2.75, 3.05) is 19.0 Å². The summed E-state index contributed by atoms with van der Waals surface area (Å²) in [6, 6.07) is 13.2. The number of carbonyl (C=O) groups excluding carboxylic acids is 1. The van der Waals surface area contributed by atoms with Crippen LogP contribution in [0.25, 0.3) is 33.0 Å². The van der Waals surface area contributed by atoms with Gasteiger partial charge in [-0.05, 0) is 69.2 Å². The summed E-state index contributed by atoms with van der Waals surface area (Å²) in [5.41, 5.74) is 3.42. The van der Waals surface area contributed by atoms with Crippen LogP contribution in [0.1, 0.15) is 26.3 Å². The van der Waals surface area contributed by atoms with E-state index < -0.39 is 11.7 Å². The second-order valence-electron chi connectivity index (χ2n) is 8.90. The highest BCUT2D eigenvalue weighted by molar-refractivity contribution is 5.94. The second-order valence-corrected chi connectivity index (χ2v) is 8.90. The standard InChI is InChI=1S/C25H26N2O4/c1-15-19-9-8-18(26(5)6)14-21(19)30-23(28)22(15)17-7-10-20-16(13-17)11-12-27(20)24(29)31-25(2,3)4/h7-14H,1-6H3. The fourth-order valence-electron chi connectivity index (χ4n) is 3.72. The van der Waals surface area contributed by atoms with Gasteiger partial charge in [0.2, 0.25) is 0 Å². The summed E-state index contributed by atoms with van der Waals surface area (Å²) in [4.78, 5) is 27.3. The van der Waals surface area contributed by atoms with Crippen molar-refractivity contribution in [3.63, 3.8) is 0 Å². The normalized spacial score (nSPS) is 11.8. The SMILES string of the molecule is Cc1c(-c2ccc3c(ccn3C(=O)OC(C)(C)C)c2)c(=O)oc2cc(N(C)C)ccc12. The number of hydrogen-bond donors (Lipinski definition) is 0. The number of benzene rings is 2. The Kier molecular flexibility index (Phi) is 4.88. The summed E-state index contributed by atoms with van der Waals surface area (Å²) in [5, 5.41) is 1.73. The van der Waals surface area contributed by atoms with E-state index in [-0.39, 0.29) is 5.63 Å². The minimum absolute atomic E-state index is 0.383. The number of aryl methyl sites for hydroxylation is 1. The molecular formula is C25H26N2O4. The number of anilines is 1. The lowest BCUT2D eigenvalue weighted by molar-refractivity contribution is 0.0544. The van der Waals surface area contributed by atoms with Gasteiger partial charge in [0.25, 0.3) is 0 Å². The third kappa shape index (κ3) is 3.81. The Morgan fingerprint density at radius 3 is 2.48 bits per heavy atom. The summed E-state index contributed by atoms with van der Waals surface area (Å²) in [5.74, 6) is 0. The predicted octanol–water partition coefficient (Wildman–Crippen LogP) is 5.57. The smallest absolute Gasteiger partial charge is 0.418 e. The van der Waals surface area contributed by atoms with Gasteiger partial charge in [-0.3, -0.25) is 4.57 Å². The van der Waals surface area contributed by atoms with Crippen molar-refractivity contribution in [3.05, 3.63) is 64.6 Å². The highest BCUT2D eigenvalue weighted by Crippen LogP contribution is 2.31. The zero-order valence-corrected chi connectivity index (χ0v) is 18.6. The molecule has 6 heteroatoms. The van der Waals surface area contributed by atoms with E-state index in [1.807, 2.05) is 89.2 Å². The second kappa shape index (κ2) is 7.30. The molecule has 0 aliphatic heterocycles. The quantitative estimate of drug-likeness (QED) is 0.398. The van der Waals surface area contributed by atoms with Crippen molar-refractivity contribution in [2.24, 2.45) is 0 Å². The summed E-state index contributed by atoms with van der Waals surface area (Å²) in [6.45, 7) is 7.42. The minimum Gasteiger partial charge on any atom is -0.443 e. The average Bonchev–Trinajstić information content (AvgIpc) is 3.09. The molecule has 0 aliphatic rings. The Hall–Kier alpha value is -3.54. The van der Waals surface area contributed by atoms with E-state index in [4.69, 9.17) is 9.15 Å². The monoisotopic (exact) mass is 418 g/mol. The molecule has 0 aliphatic carbocycles. The van der Waals surface area contributed by atoms with Gasteiger partial charge in [0.05, 0.1) is 11.1 Å². The molecule has 0 N–H and O–H groups in total. The molecule has 2 aromatic heterocycles. The van der Waals surface area contributed by atoms with E-state index in [1.54, 1.807) is 6.20 Å². The van der Waals surface area contributed by atoms with Crippen LogP contribution in [0.5, 0.6) is 0 Å². The van der Waals surface area contributed by atoms with Gasteiger partial charge in [0.1, 0.15) is 11.2 Å². The molecule has 160 valence electrons. The maximum absolute atomic E-state index is 12.9. The van der Waals surface area contributed by atoms with Crippen LogP contribution in [0.2, 0.25) is 0 Å². The molecule has 6 nitrogen and oxygen atoms in total.